The van der Waals surface area contributed by atoms with E-state index in [0.717, 1.165) is 31.2 Å². The van der Waals surface area contributed by atoms with E-state index < -0.39 is 5.41 Å². The van der Waals surface area contributed by atoms with Crippen LogP contribution in [-0.2, 0) is 19.7 Å². The predicted octanol–water partition coefficient (Wildman–Crippen LogP) is 3.10. The van der Waals surface area contributed by atoms with Crippen LogP contribution in [-0.4, -0.2) is 25.0 Å². The van der Waals surface area contributed by atoms with Gasteiger partial charge in [0.15, 0.2) is 0 Å². The zero-order valence-corrected chi connectivity index (χ0v) is 13.6. The first kappa shape index (κ1) is 17.4. The van der Waals surface area contributed by atoms with Crippen LogP contribution < -0.4 is 5.32 Å². The van der Waals surface area contributed by atoms with Crippen molar-refractivity contribution in [3.63, 3.8) is 0 Å². The second kappa shape index (κ2) is 8.09. The molecule has 0 aromatic heterocycles. The lowest BCUT2D eigenvalue weighted by Gasteiger charge is -2.28. The number of carbonyl (C=O) groups is 2. The summed E-state index contributed by atoms with van der Waals surface area (Å²) in [5.74, 6) is -0.557. The highest BCUT2D eigenvalue weighted by molar-refractivity contribution is 5.88. The summed E-state index contributed by atoms with van der Waals surface area (Å²) in [5, 5.41) is 2.94. The van der Waals surface area contributed by atoms with Gasteiger partial charge in [0.1, 0.15) is 5.82 Å². The Bertz CT molecular complexity index is 536. The summed E-state index contributed by atoms with van der Waals surface area (Å²) in [6.07, 6.45) is 4.41. The van der Waals surface area contributed by atoms with Gasteiger partial charge < -0.3 is 10.1 Å². The molecule has 0 aliphatic heterocycles. The molecule has 0 atom stereocenters. The molecule has 1 aromatic rings. The van der Waals surface area contributed by atoms with Gasteiger partial charge in [0.25, 0.3) is 0 Å². The van der Waals surface area contributed by atoms with Crippen LogP contribution in [0.4, 0.5) is 4.39 Å². The minimum absolute atomic E-state index is 0.0227. The smallest absolute Gasteiger partial charge is 0.305 e. The van der Waals surface area contributed by atoms with Gasteiger partial charge in [0, 0.05) is 13.0 Å². The molecule has 1 aliphatic rings. The van der Waals surface area contributed by atoms with Crippen molar-refractivity contribution in [3.8, 4) is 0 Å². The lowest BCUT2D eigenvalue weighted by molar-refractivity contribution is -0.143. The molecule has 0 unspecified atom stereocenters. The summed E-state index contributed by atoms with van der Waals surface area (Å²) in [4.78, 5) is 24.0. The Kier molecular flexibility index (Phi) is 6.13. The van der Waals surface area contributed by atoms with Crippen LogP contribution in [0.5, 0.6) is 0 Å². The molecule has 0 radical (unpaired) electrons. The number of rotatable bonds is 7. The summed E-state index contributed by atoms with van der Waals surface area (Å²) < 4.78 is 18.0. The number of nitrogens with one attached hydrogen (secondary N) is 1. The van der Waals surface area contributed by atoms with Crippen molar-refractivity contribution in [1.29, 1.82) is 0 Å². The topological polar surface area (TPSA) is 55.4 Å². The summed E-state index contributed by atoms with van der Waals surface area (Å²) in [6.45, 7) is 2.59. The third-order valence-electron chi connectivity index (χ3n) is 4.44. The van der Waals surface area contributed by atoms with Gasteiger partial charge in [0.2, 0.25) is 5.91 Å². The Morgan fingerprint density at radius 3 is 2.48 bits per heavy atom. The highest BCUT2D eigenvalue weighted by Gasteiger charge is 2.42. The first-order valence-electron chi connectivity index (χ1n) is 8.28. The van der Waals surface area contributed by atoms with Crippen LogP contribution >= 0.6 is 0 Å². The van der Waals surface area contributed by atoms with Crippen molar-refractivity contribution in [1.82, 2.24) is 5.32 Å². The molecule has 1 saturated carbocycles. The summed E-state index contributed by atoms with van der Waals surface area (Å²) >= 11 is 0. The average Bonchev–Trinajstić information content (AvgIpc) is 3.03. The molecule has 0 bridgehead atoms. The molecule has 0 spiro atoms. The van der Waals surface area contributed by atoms with Gasteiger partial charge in [-0.25, -0.2) is 4.39 Å². The normalized spacial score (nSPS) is 16.1. The monoisotopic (exact) mass is 321 g/mol. The molecule has 4 nitrogen and oxygen atoms in total. The van der Waals surface area contributed by atoms with E-state index in [1.165, 1.54) is 12.1 Å². The Balaban J connectivity index is 1.94. The standard InChI is InChI=1S/C18H24FNO3/c1-2-23-16(21)6-5-13-20-17(22)18(11-3-4-12-18)14-7-9-15(19)10-8-14/h7-10H,2-6,11-13H2,1H3,(H,20,22). The van der Waals surface area contributed by atoms with Crippen molar-refractivity contribution < 1.29 is 18.7 Å². The number of esters is 1. The molecule has 126 valence electrons. The highest BCUT2D eigenvalue weighted by atomic mass is 19.1. The summed E-state index contributed by atoms with van der Waals surface area (Å²) in [7, 11) is 0. The zero-order valence-electron chi connectivity index (χ0n) is 13.6. The minimum Gasteiger partial charge on any atom is -0.466 e. The third-order valence-corrected chi connectivity index (χ3v) is 4.44. The molecule has 1 aromatic carbocycles. The van der Waals surface area contributed by atoms with Crippen LogP contribution in [0, 0.1) is 5.82 Å². The second-order valence-electron chi connectivity index (χ2n) is 5.96. The van der Waals surface area contributed by atoms with Crippen molar-refractivity contribution in [2.24, 2.45) is 0 Å². The van der Waals surface area contributed by atoms with Gasteiger partial charge in [-0.1, -0.05) is 25.0 Å². The van der Waals surface area contributed by atoms with Gasteiger partial charge in [-0.2, -0.15) is 0 Å². The van der Waals surface area contributed by atoms with E-state index in [1.54, 1.807) is 19.1 Å². The Morgan fingerprint density at radius 1 is 1.22 bits per heavy atom. The molecule has 1 amide bonds. The van der Waals surface area contributed by atoms with Gasteiger partial charge in [-0.15, -0.1) is 0 Å². The number of halogens is 1. The number of ether oxygens (including phenoxy) is 1. The number of hydrogen-bond acceptors (Lipinski definition) is 3. The predicted molar refractivity (Wildman–Crippen MR) is 85.4 cm³/mol. The lowest BCUT2D eigenvalue weighted by atomic mass is 9.78. The Hall–Kier alpha value is -1.91. The van der Waals surface area contributed by atoms with Crippen molar-refractivity contribution in [2.45, 2.75) is 50.9 Å². The molecule has 1 aliphatic carbocycles. The number of benzene rings is 1. The van der Waals surface area contributed by atoms with Crippen molar-refractivity contribution >= 4 is 11.9 Å². The maximum absolute atomic E-state index is 13.1. The van der Waals surface area contributed by atoms with E-state index in [1.807, 2.05) is 0 Å². The Morgan fingerprint density at radius 2 is 1.87 bits per heavy atom. The first-order chi connectivity index (χ1) is 11.1. The largest absolute Gasteiger partial charge is 0.466 e. The van der Waals surface area contributed by atoms with Crippen LogP contribution in [0.3, 0.4) is 0 Å². The van der Waals surface area contributed by atoms with Gasteiger partial charge in [0.05, 0.1) is 12.0 Å². The van der Waals surface area contributed by atoms with Gasteiger partial charge >= 0.3 is 5.97 Å². The van der Waals surface area contributed by atoms with E-state index in [9.17, 15) is 14.0 Å². The molecule has 2 rings (SSSR count). The van der Waals surface area contributed by atoms with Crippen LogP contribution in [0.2, 0.25) is 0 Å². The second-order valence-corrected chi connectivity index (χ2v) is 5.96. The zero-order chi connectivity index (χ0) is 16.7. The first-order valence-corrected chi connectivity index (χ1v) is 8.28. The van der Waals surface area contributed by atoms with Crippen LogP contribution in [0.15, 0.2) is 24.3 Å². The summed E-state index contributed by atoms with van der Waals surface area (Å²) in [6, 6.07) is 6.23. The van der Waals surface area contributed by atoms with E-state index in [4.69, 9.17) is 4.74 Å². The van der Waals surface area contributed by atoms with Crippen LogP contribution in [0.1, 0.15) is 51.0 Å². The van der Waals surface area contributed by atoms with Crippen molar-refractivity contribution in [2.75, 3.05) is 13.2 Å². The van der Waals surface area contributed by atoms with E-state index in [-0.39, 0.29) is 17.7 Å². The maximum atomic E-state index is 13.1. The van der Waals surface area contributed by atoms with E-state index in [2.05, 4.69) is 5.32 Å². The molecule has 23 heavy (non-hydrogen) atoms. The minimum atomic E-state index is -0.558. The third kappa shape index (κ3) is 4.30. The molecule has 1 fully saturated rings. The maximum Gasteiger partial charge on any atom is 0.305 e. The number of amides is 1. The Labute approximate surface area is 136 Å². The van der Waals surface area contributed by atoms with E-state index >= 15 is 0 Å². The lowest BCUT2D eigenvalue weighted by Crippen LogP contribution is -2.43. The SMILES string of the molecule is CCOC(=O)CCCNC(=O)C1(c2ccc(F)cc2)CCCC1. The quantitative estimate of drug-likeness (QED) is 0.620. The van der Waals surface area contributed by atoms with Gasteiger partial charge in [-0.05, 0) is 43.9 Å². The molecular weight excluding hydrogens is 297 g/mol. The fourth-order valence-corrected chi connectivity index (χ4v) is 3.23. The van der Waals surface area contributed by atoms with Gasteiger partial charge in [-0.3, -0.25) is 9.59 Å². The summed E-state index contributed by atoms with van der Waals surface area (Å²) in [5.41, 5.74) is 0.316. The highest BCUT2D eigenvalue weighted by Crippen LogP contribution is 2.41. The molecule has 0 saturated heterocycles. The van der Waals surface area contributed by atoms with Crippen LogP contribution in [0.25, 0.3) is 0 Å². The number of carbonyl (C=O) groups excluding carboxylic acids is 2. The molecular formula is C18H24FNO3. The van der Waals surface area contributed by atoms with E-state index in [0.29, 0.717) is 26.0 Å². The fourth-order valence-electron chi connectivity index (χ4n) is 3.23. The fraction of sp³-hybridized carbons (Fsp3) is 0.556. The molecule has 1 N–H and O–H groups in total. The molecule has 0 heterocycles. The molecule has 5 heteroatoms. The number of hydrogen-bond donors (Lipinski definition) is 1. The van der Waals surface area contributed by atoms with Crippen molar-refractivity contribution in [3.05, 3.63) is 35.6 Å². The average molecular weight is 321 g/mol.